The standard InChI is InChI=1S/C3HF6NO3S.C2H7N/c4-2(5,6)1(11)10-14(12,13)3(7,8)9;1-3-2/h(H,10,11);3H,1-2H3/p+1. The van der Waals surface area contributed by atoms with E-state index < -0.39 is 27.6 Å². The number of amides is 1. The van der Waals surface area contributed by atoms with E-state index in [1.807, 2.05) is 19.4 Å². The number of alkyl halides is 6. The zero-order valence-electron chi connectivity index (χ0n) is 8.48. The van der Waals surface area contributed by atoms with Gasteiger partial charge in [-0.1, -0.05) is 0 Å². The molecule has 0 aromatic carbocycles. The lowest BCUT2D eigenvalue weighted by Crippen LogP contribution is -2.74. The van der Waals surface area contributed by atoms with Gasteiger partial charge in [-0.3, -0.25) is 4.79 Å². The lowest BCUT2D eigenvalue weighted by Gasteiger charge is -2.10. The summed E-state index contributed by atoms with van der Waals surface area (Å²) in [5, 5.41) is 2.00. The predicted molar refractivity (Wildman–Crippen MR) is 42.9 cm³/mol. The largest absolute Gasteiger partial charge is 0.516 e. The van der Waals surface area contributed by atoms with Crippen molar-refractivity contribution in [1.29, 1.82) is 0 Å². The third-order valence-electron chi connectivity index (χ3n) is 0.789. The topological polar surface area (TPSA) is 79.8 Å². The molecule has 0 aliphatic carbocycles. The zero-order valence-corrected chi connectivity index (χ0v) is 9.29. The molecule has 0 rings (SSSR count). The van der Waals surface area contributed by atoms with Crippen LogP contribution in [0.1, 0.15) is 0 Å². The summed E-state index contributed by atoms with van der Waals surface area (Å²) < 4.78 is 87.9. The second kappa shape index (κ2) is 6.05. The maximum atomic E-state index is 11.4. The van der Waals surface area contributed by atoms with Gasteiger partial charge in [-0.25, -0.2) is 4.72 Å². The van der Waals surface area contributed by atoms with Gasteiger partial charge in [0.1, 0.15) is 0 Å². The number of sulfonamides is 1. The molecule has 0 bridgehead atoms. The van der Waals surface area contributed by atoms with Gasteiger partial charge in [0, 0.05) is 0 Å². The fraction of sp³-hybridized carbons (Fsp3) is 0.800. The Hall–Kier alpha value is -1.04. The first-order valence-electron chi connectivity index (χ1n) is 3.73. The van der Waals surface area contributed by atoms with E-state index in [9.17, 15) is 39.6 Å². The molecule has 104 valence electrons. The van der Waals surface area contributed by atoms with Crippen LogP contribution in [0.15, 0.2) is 0 Å². The van der Waals surface area contributed by atoms with E-state index in [0.717, 1.165) is 0 Å². The molecule has 0 atom stereocenters. The van der Waals surface area contributed by atoms with Gasteiger partial charge in [-0.15, -0.1) is 0 Å². The molecule has 0 unspecified atom stereocenters. The minimum absolute atomic E-state index is 0.181. The molecule has 0 spiro atoms. The molecular weight excluding hydrogens is 282 g/mol. The third kappa shape index (κ3) is 6.99. The Morgan fingerprint density at radius 1 is 1.06 bits per heavy atom. The summed E-state index contributed by atoms with van der Waals surface area (Å²) in [7, 11) is -2.30. The highest BCUT2D eigenvalue weighted by molar-refractivity contribution is 7.90. The van der Waals surface area contributed by atoms with Crippen LogP contribution in [0, 0.1) is 0 Å². The van der Waals surface area contributed by atoms with E-state index >= 15 is 0 Å². The van der Waals surface area contributed by atoms with Gasteiger partial charge in [-0.05, 0) is 0 Å². The maximum absolute atomic E-state index is 11.4. The number of carbonyl (C=O) groups excluding carboxylic acids is 1. The zero-order chi connectivity index (χ0) is 14.5. The Bertz CT molecular complexity index is 346. The van der Waals surface area contributed by atoms with E-state index in [1.165, 1.54) is 0 Å². The van der Waals surface area contributed by atoms with E-state index in [-0.39, 0.29) is 4.72 Å². The molecule has 3 N–H and O–H groups in total. The Morgan fingerprint density at radius 2 is 1.35 bits per heavy atom. The highest BCUT2D eigenvalue weighted by Crippen LogP contribution is 2.23. The quantitative estimate of drug-likeness (QED) is 0.628. The molecule has 0 radical (unpaired) electrons. The van der Waals surface area contributed by atoms with Gasteiger partial charge >= 0.3 is 27.6 Å². The van der Waals surface area contributed by atoms with E-state index in [1.54, 1.807) is 0 Å². The maximum Gasteiger partial charge on any atom is 0.516 e. The first-order chi connectivity index (χ1) is 7.29. The van der Waals surface area contributed by atoms with Crippen molar-refractivity contribution in [2.75, 3.05) is 14.1 Å². The third-order valence-corrected chi connectivity index (χ3v) is 1.85. The Kier molecular flexibility index (Phi) is 6.52. The summed E-state index contributed by atoms with van der Waals surface area (Å²) in [6.45, 7) is 0. The number of nitrogens with two attached hydrogens (primary N) is 1. The van der Waals surface area contributed by atoms with Gasteiger partial charge in [-0.2, -0.15) is 34.8 Å². The van der Waals surface area contributed by atoms with Crippen molar-refractivity contribution in [2.45, 2.75) is 11.7 Å². The summed E-state index contributed by atoms with van der Waals surface area (Å²) in [5.74, 6) is -3.20. The Morgan fingerprint density at radius 3 is 1.53 bits per heavy atom. The molecule has 12 heteroatoms. The van der Waals surface area contributed by atoms with Crippen LogP contribution in [0.2, 0.25) is 0 Å². The molecule has 5 nitrogen and oxygen atoms in total. The van der Waals surface area contributed by atoms with E-state index in [4.69, 9.17) is 0 Å². The number of halogens is 6. The fourth-order valence-electron chi connectivity index (χ4n) is 0.238. The van der Waals surface area contributed by atoms with Crippen molar-refractivity contribution in [3.63, 3.8) is 0 Å². The van der Waals surface area contributed by atoms with Crippen LogP contribution in [0.5, 0.6) is 0 Å². The number of hydrogen-bond donors (Lipinski definition) is 2. The fourth-order valence-corrected chi connectivity index (χ4v) is 0.713. The van der Waals surface area contributed by atoms with E-state index in [2.05, 4.69) is 0 Å². The molecule has 0 fully saturated rings. The molecule has 0 aromatic rings. The van der Waals surface area contributed by atoms with Crippen molar-refractivity contribution >= 4 is 15.9 Å². The van der Waals surface area contributed by atoms with Crippen LogP contribution < -0.4 is 10.0 Å². The number of nitrogens with one attached hydrogen (secondary N) is 1. The first-order valence-corrected chi connectivity index (χ1v) is 5.22. The number of quaternary nitrogens is 1. The molecule has 0 aliphatic rings. The van der Waals surface area contributed by atoms with Gasteiger partial charge in [0.25, 0.3) is 0 Å². The van der Waals surface area contributed by atoms with E-state index in [0.29, 0.717) is 0 Å². The summed E-state index contributed by atoms with van der Waals surface area (Å²) in [4.78, 5) is 9.81. The van der Waals surface area contributed by atoms with Gasteiger partial charge in [0.15, 0.2) is 0 Å². The Labute approximate surface area is 92.2 Å². The van der Waals surface area contributed by atoms with Crippen LogP contribution in [-0.4, -0.2) is 40.1 Å². The number of rotatable bonds is 1. The lowest BCUT2D eigenvalue weighted by atomic mass is 10.6. The van der Waals surface area contributed by atoms with Crippen LogP contribution in [0.3, 0.4) is 0 Å². The molecule has 0 saturated heterocycles. The van der Waals surface area contributed by atoms with Gasteiger partial charge in [0.05, 0.1) is 14.1 Å². The van der Waals surface area contributed by atoms with Crippen molar-refractivity contribution in [3.8, 4) is 0 Å². The van der Waals surface area contributed by atoms with Crippen LogP contribution >= 0.6 is 0 Å². The highest BCUT2D eigenvalue weighted by Gasteiger charge is 2.51. The minimum Gasteiger partial charge on any atom is -0.351 e. The van der Waals surface area contributed by atoms with Crippen LogP contribution in [0.4, 0.5) is 26.3 Å². The smallest absolute Gasteiger partial charge is 0.351 e. The number of hydrogen-bond acceptors (Lipinski definition) is 3. The second-order valence-electron chi connectivity index (χ2n) is 2.46. The molecule has 0 aliphatic heterocycles. The summed E-state index contributed by atoms with van der Waals surface area (Å²) >= 11 is 0. The Balaban J connectivity index is 0. The lowest BCUT2D eigenvalue weighted by molar-refractivity contribution is -0.597. The van der Waals surface area contributed by atoms with Crippen LogP contribution in [0.25, 0.3) is 0 Å². The monoisotopic (exact) mass is 291 g/mol. The predicted octanol–water partition coefficient (Wildman–Crippen LogP) is -0.676. The average Bonchev–Trinajstić information content (AvgIpc) is 2.00. The average molecular weight is 291 g/mol. The van der Waals surface area contributed by atoms with Gasteiger partial charge in [0.2, 0.25) is 0 Å². The summed E-state index contributed by atoms with van der Waals surface area (Å²) in [6, 6.07) is 0. The molecule has 0 saturated carbocycles. The van der Waals surface area contributed by atoms with Crippen molar-refractivity contribution in [3.05, 3.63) is 0 Å². The minimum atomic E-state index is -6.30. The van der Waals surface area contributed by atoms with Crippen molar-refractivity contribution in [2.24, 2.45) is 0 Å². The molecular formula is C5H9F6N2O3S+. The van der Waals surface area contributed by atoms with Gasteiger partial charge < -0.3 is 5.32 Å². The highest BCUT2D eigenvalue weighted by atomic mass is 32.2. The van der Waals surface area contributed by atoms with Crippen molar-refractivity contribution < 1.29 is 44.9 Å². The molecule has 0 heterocycles. The molecule has 0 aromatic heterocycles. The van der Waals surface area contributed by atoms with Crippen molar-refractivity contribution in [1.82, 2.24) is 4.72 Å². The van der Waals surface area contributed by atoms with Crippen LogP contribution in [-0.2, 0) is 14.8 Å². The molecule has 1 amide bonds. The number of carbonyl (C=O) groups is 1. The SMILES string of the molecule is C[NH2+]C.O=C(NS(=O)(=O)C(F)(F)F)C(F)(F)F. The first kappa shape index (κ1) is 18.3. The molecule has 17 heavy (non-hydrogen) atoms. The summed E-state index contributed by atoms with van der Waals surface area (Å²) in [6.07, 6.45) is -5.70. The second-order valence-corrected chi connectivity index (χ2v) is 4.13. The summed E-state index contributed by atoms with van der Waals surface area (Å²) in [5.41, 5.74) is -5.96. The normalized spacial score (nSPS) is 12.5.